The van der Waals surface area contributed by atoms with E-state index in [-0.39, 0.29) is 23.6 Å². The predicted molar refractivity (Wildman–Crippen MR) is 106 cm³/mol. The van der Waals surface area contributed by atoms with Crippen LogP contribution in [0.5, 0.6) is 5.75 Å². The van der Waals surface area contributed by atoms with Gasteiger partial charge < -0.3 is 14.6 Å². The van der Waals surface area contributed by atoms with Crippen molar-refractivity contribution in [3.8, 4) is 5.75 Å². The Morgan fingerprint density at radius 3 is 2.48 bits per heavy atom. The Morgan fingerprint density at radius 1 is 1.14 bits per heavy atom. The Kier molecular flexibility index (Phi) is 5.05. The van der Waals surface area contributed by atoms with Crippen LogP contribution >= 0.6 is 0 Å². The van der Waals surface area contributed by atoms with Crippen LogP contribution < -0.4 is 10.1 Å². The lowest BCUT2D eigenvalue weighted by Gasteiger charge is -2.25. The SMILES string of the molecule is COc1ccc(NC(=O)c2nnc3n2CC2CN(S(=O)(=O)N(C)C)CC2C3)cc1. The molecular formula is C18H24N6O4S. The maximum atomic E-state index is 12.7. The first kappa shape index (κ1) is 19.8. The van der Waals surface area contributed by atoms with Gasteiger partial charge in [-0.3, -0.25) is 4.79 Å². The van der Waals surface area contributed by atoms with Crippen LogP contribution in [0.2, 0.25) is 0 Å². The molecule has 2 unspecified atom stereocenters. The van der Waals surface area contributed by atoms with Crippen molar-refractivity contribution in [1.29, 1.82) is 0 Å². The van der Waals surface area contributed by atoms with Crippen molar-refractivity contribution in [2.75, 3.05) is 39.6 Å². The average Bonchev–Trinajstić information content (AvgIpc) is 3.30. The van der Waals surface area contributed by atoms with E-state index in [0.29, 0.717) is 37.5 Å². The predicted octanol–water partition coefficient (Wildman–Crippen LogP) is 0.450. The van der Waals surface area contributed by atoms with E-state index in [9.17, 15) is 13.2 Å². The summed E-state index contributed by atoms with van der Waals surface area (Å²) in [5.41, 5.74) is 0.631. The third-order valence-electron chi connectivity index (χ3n) is 5.57. The van der Waals surface area contributed by atoms with Crippen LogP contribution in [-0.4, -0.2) is 72.0 Å². The van der Waals surface area contributed by atoms with E-state index in [0.717, 1.165) is 5.82 Å². The summed E-state index contributed by atoms with van der Waals surface area (Å²) in [4.78, 5) is 12.7. The third-order valence-corrected chi connectivity index (χ3v) is 7.44. The Bertz CT molecular complexity index is 1020. The van der Waals surface area contributed by atoms with Crippen molar-refractivity contribution in [2.24, 2.45) is 11.8 Å². The van der Waals surface area contributed by atoms with Gasteiger partial charge in [-0.1, -0.05) is 0 Å². The van der Waals surface area contributed by atoms with Crippen LogP contribution in [0.4, 0.5) is 5.69 Å². The second-order valence-corrected chi connectivity index (χ2v) is 9.71. The molecule has 156 valence electrons. The number of benzene rings is 1. The molecule has 10 nitrogen and oxygen atoms in total. The van der Waals surface area contributed by atoms with Crippen LogP contribution in [0.25, 0.3) is 0 Å². The first-order valence-corrected chi connectivity index (χ1v) is 10.7. The van der Waals surface area contributed by atoms with Gasteiger partial charge in [0.15, 0.2) is 0 Å². The number of ether oxygens (including phenoxy) is 1. The van der Waals surface area contributed by atoms with Crippen LogP contribution in [0.15, 0.2) is 24.3 Å². The monoisotopic (exact) mass is 420 g/mol. The summed E-state index contributed by atoms with van der Waals surface area (Å²) < 4.78 is 34.6. The van der Waals surface area contributed by atoms with Gasteiger partial charge in [-0.15, -0.1) is 10.2 Å². The largest absolute Gasteiger partial charge is 0.497 e. The highest BCUT2D eigenvalue weighted by atomic mass is 32.2. The number of hydrogen-bond acceptors (Lipinski definition) is 6. The zero-order chi connectivity index (χ0) is 20.8. The summed E-state index contributed by atoms with van der Waals surface area (Å²) in [5, 5.41) is 11.1. The molecule has 0 aliphatic carbocycles. The van der Waals surface area contributed by atoms with Gasteiger partial charge in [0.2, 0.25) is 5.82 Å². The first-order valence-electron chi connectivity index (χ1n) is 9.34. The van der Waals surface area contributed by atoms with Gasteiger partial charge in [0.1, 0.15) is 11.6 Å². The maximum absolute atomic E-state index is 12.7. The zero-order valence-corrected chi connectivity index (χ0v) is 17.4. The lowest BCUT2D eigenvalue weighted by atomic mass is 9.89. The molecule has 1 saturated heterocycles. The molecule has 2 aromatic rings. The highest BCUT2D eigenvalue weighted by molar-refractivity contribution is 7.86. The number of nitrogens with one attached hydrogen (secondary N) is 1. The molecule has 0 bridgehead atoms. The normalized spacial score (nSPS) is 21.7. The maximum Gasteiger partial charge on any atom is 0.293 e. The first-order chi connectivity index (χ1) is 13.8. The average molecular weight is 420 g/mol. The van der Waals surface area contributed by atoms with Crippen LogP contribution in [0.3, 0.4) is 0 Å². The number of anilines is 1. The molecule has 2 aliphatic heterocycles. The van der Waals surface area contributed by atoms with E-state index in [1.165, 1.54) is 22.7 Å². The lowest BCUT2D eigenvalue weighted by Crippen LogP contribution is -2.38. The number of carbonyl (C=O) groups excluding carboxylic acids is 1. The smallest absolute Gasteiger partial charge is 0.293 e. The zero-order valence-electron chi connectivity index (χ0n) is 16.6. The number of carbonyl (C=O) groups is 1. The fraction of sp³-hybridized carbons (Fsp3) is 0.500. The van der Waals surface area contributed by atoms with E-state index < -0.39 is 10.2 Å². The number of methoxy groups -OCH3 is 1. The summed E-state index contributed by atoms with van der Waals surface area (Å²) in [6.45, 7) is 1.42. The Balaban J connectivity index is 1.49. The van der Waals surface area contributed by atoms with Crippen molar-refractivity contribution < 1.29 is 17.9 Å². The Labute approximate surface area is 169 Å². The van der Waals surface area contributed by atoms with Crippen molar-refractivity contribution in [1.82, 2.24) is 23.4 Å². The number of rotatable bonds is 5. The molecular weight excluding hydrogens is 396 g/mol. The quantitative estimate of drug-likeness (QED) is 0.752. The minimum Gasteiger partial charge on any atom is -0.497 e. The molecule has 1 fully saturated rings. The fourth-order valence-corrected chi connectivity index (χ4v) is 5.15. The molecule has 2 atom stereocenters. The lowest BCUT2D eigenvalue weighted by molar-refractivity contribution is 0.100. The number of amides is 1. The van der Waals surface area contributed by atoms with E-state index >= 15 is 0 Å². The topological polar surface area (TPSA) is 110 Å². The molecule has 4 rings (SSSR count). The Hall–Kier alpha value is -2.50. The van der Waals surface area contributed by atoms with Crippen molar-refractivity contribution in [3.05, 3.63) is 35.9 Å². The van der Waals surface area contributed by atoms with Crippen molar-refractivity contribution >= 4 is 21.8 Å². The van der Waals surface area contributed by atoms with Crippen LogP contribution in [0, 0.1) is 11.8 Å². The van der Waals surface area contributed by atoms with Crippen molar-refractivity contribution in [2.45, 2.75) is 13.0 Å². The number of fused-ring (bicyclic) bond motifs is 2. The third kappa shape index (κ3) is 3.61. The molecule has 1 aromatic heterocycles. The van der Waals surface area contributed by atoms with E-state index in [4.69, 9.17) is 4.74 Å². The van der Waals surface area contributed by atoms with Crippen LogP contribution in [0.1, 0.15) is 16.4 Å². The van der Waals surface area contributed by atoms with Gasteiger partial charge in [-0.05, 0) is 36.1 Å². The van der Waals surface area contributed by atoms with Gasteiger partial charge in [-0.25, -0.2) is 0 Å². The molecule has 1 N–H and O–H groups in total. The minimum atomic E-state index is -3.45. The highest BCUT2D eigenvalue weighted by Crippen LogP contribution is 2.34. The van der Waals surface area contributed by atoms with Gasteiger partial charge >= 0.3 is 0 Å². The van der Waals surface area contributed by atoms with Crippen LogP contribution in [-0.2, 0) is 23.2 Å². The van der Waals surface area contributed by atoms with Crippen molar-refractivity contribution in [3.63, 3.8) is 0 Å². The molecule has 2 aliphatic rings. The summed E-state index contributed by atoms with van der Waals surface area (Å²) >= 11 is 0. The summed E-state index contributed by atoms with van der Waals surface area (Å²) in [6, 6.07) is 7.03. The van der Waals surface area contributed by atoms with E-state index in [1.807, 2.05) is 4.57 Å². The fourth-order valence-electron chi connectivity index (χ4n) is 3.93. The highest BCUT2D eigenvalue weighted by Gasteiger charge is 2.43. The summed E-state index contributed by atoms with van der Waals surface area (Å²) in [6.07, 6.45) is 0.604. The number of aromatic nitrogens is 3. The molecule has 11 heteroatoms. The molecule has 1 amide bonds. The standard InChI is InChI=1S/C18H24N6O4S/c1-22(2)29(26,27)23-9-12-8-16-20-21-17(24(16)11-13(12)10-23)18(25)19-14-4-6-15(28-3)7-5-14/h4-7,12-13H,8-11H2,1-3H3,(H,19,25). The molecule has 1 aromatic carbocycles. The van der Waals surface area contributed by atoms with Gasteiger partial charge in [0.25, 0.3) is 16.1 Å². The van der Waals surface area contributed by atoms with Gasteiger partial charge in [0, 0.05) is 45.8 Å². The molecule has 0 radical (unpaired) electrons. The molecule has 0 saturated carbocycles. The minimum absolute atomic E-state index is 0.126. The second-order valence-electron chi connectivity index (χ2n) is 7.56. The Morgan fingerprint density at radius 2 is 1.83 bits per heavy atom. The van der Waals surface area contributed by atoms with E-state index in [2.05, 4.69) is 15.5 Å². The molecule has 29 heavy (non-hydrogen) atoms. The molecule has 0 spiro atoms. The summed E-state index contributed by atoms with van der Waals surface area (Å²) in [5.74, 6) is 1.62. The van der Waals surface area contributed by atoms with Gasteiger partial charge in [0.05, 0.1) is 7.11 Å². The number of hydrogen-bond donors (Lipinski definition) is 1. The van der Waals surface area contributed by atoms with E-state index in [1.54, 1.807) is 31.4 Å². The number of nitrogens with zero attached hydrogens (tertiary/aromatic N) is 5. The summed E-state index contributed by atoms with van der Waals surface area (Å²) in [7, 11) is 1.21. The second kappa shape index (κ2) is 7.39. The molecule has 3 heterocycles. The van der Waals surface area contributed by atoms with Gasteiger partial charge in [-0.2, -0.15) is 17.0 Å².